The lowest BCUT2D eigenvalue weighted by Crippen LogP contribution is -2.14. The van der Waals surface area contributed by atoms with E-state index < -0.39 is 23.4 Å². The van der Waals surface area contributed by atoms with Gasteiger partial charge in [-0.25, -0.2) is 23.1 Å². The number of anilines is 3. The molecule has 0 spiro atoms. The number of nitrogens with zero attached hydrogens (tertiary/aromatic N) is 3. The van der Waals surface area contributed by atoms with Crippen LogP contribution >= 0.6 is 0 Å². The minimum atomic E-state index is -1.59. The van der Waals surface area contributed by atoms with Crippen molar-refractivity contribution in [2.75, 3.05) is 10.6 Å². The average molecular weight is 395 g/mol. The predicted molar refractivity (Wildman–Crippen MR) is 101 cm³/mol. The van der Waals surface area contributed by atoms with Gasteiger partial charge in [-0.15, -0.1) is 0 Å². The number of hydrogen-bond acceptors (Lipinski definition) is 5. The Kier molecular flexibility index (Phi) is 4.78. The SMILES string of the molecule is O=C(Nc1cccc2cccnc12)c1cnc(Nc2ccc(F)c(F)c2F)cn1. The summed E-state index contributed by atoms with van der Waals surface area (Å²) in [7, 11) is 0. The highest BCUT2D eigenvalue weighted by molar-refractivity contribution is 6.07. The molecule has 0 bridgehead atoms. The Morgan fingerprint density at radius 3 is 2.45 bits per heavy atom. The Balaban J connectivity index is 1.52. The van der Waals surface area contributed by atoms with Crippen LogP contribution in [0.25, 0.3) is 10.9 Å². The van der Waals surface area contributed by atoms with Gasteiger partial charge in [0.05, 0.1) is 29.3 Å². The van der Waals surface area contributed by atoms with Crippen LogP contribution in [-0.4, -0.2) is 20.9 Å². The van der Waals surface area contributed by atoms with Gasteiger partial charge in [0.15, 0.2) is 17.5 Å². The monoisotopic (exact) mass is 395 g/mol. The van der Waals surface area contributed by atoms with E-state index in [2.05, 4.69) is 25.6 Å². The molecule has 2 aromatic carbocycles. The van der Waals surface area contributed by atoms with Gasteiger partial charge in [-0.1, -0.05) is 18.2 Å². The molecule has 6 nitrogen and oxygen atoms in total. The summed E-state index contributed by atoms with van der Waals surface area (Å²) in [5.74, 6) is -4.73. The fourth-order valence-corrected chi connectivity index (χ4v) is 2.66. The number of carbonyl (C=O) groups is 1. The van der Waals surface area contributed by atoms with E-state index in [-0.39, 0.29) is 17.2 Å². The molecular formula is C20H12F3N5O. The van der Waals surface area contributed by atoms with Crippen molar-refractivity contribution in [1.29, 1.82) is 0 Å². The van der Waals surface area contributed by atoms with Crippen molar-refractivity contribution in [2.45, 2.75) is 0 Å². The molecular weight excluding hydrogens is 383 g/mol. The van der Waals surface area contributed by atoms with Crippen LogP contribution in [-0.2, 0) is 0 Å². The quantitative estimate of drug-likeness (QED) is 0.500. The predicted octanol–water partition coefficient (Wildman–Crippen LogP) is 4.44. The van der Waals surface area contributed by atoms with Crippen LogP contribution in [0.4, 0.5) is 30.4 Å². The van der Waals surface area contributed by atoms with Crippen LogP contribution in [0.3, 0.4) is 0 Å². The minimum absolute atomic E-state index is 0.00856. The number of halogens is 3. The first-order valence-corrected chi connectivity index (χ1v) is 8.40. The smallest absolute Gasteiger partial charge is 0.275 e. The number of amides is 1. The van der Waals surface area contributed by atoms with Crippen molar-refractivity contribution in [2.24, 2.45) is 0 Å². The summed E-state index contributed by atoms with van der Waals surface area (Å²) in [6, 6.07) is 10.8. The average Bonchev–Trinajstić information content (AvgIpc) is 2.75. The zero-order valence-corrected chi connectivity index (χ0v) is 14.7. The van der Waals surface area contributed by atoms with Crippen LogP contribution in [0.15, 0.2) is 61.1 Å². The van der Waals surface area contributed by atoms with Crippen LogP contribution in [0.2, 0.25) is 0 Å². The van der Waals surface area contributed by atoms with Crippen LogP contribution in [0, 0.1) is 17.5 Å². The van der Waals surface area contributed by atoms with E-state index in [1.54, 1.807) is 24.4 Å². The largest absolute Gasteiger partial charge is 0.336 e. The first-order valence-electron chi connectivity index (χ1n) is 8.40. The van der Waals surface area contributed by atoms with Crippen molar-refractivity contribution < 1.29 is 18.0 Å². The number of nitrogens with one attached hydrogen (secondary N) is 2. The van der Waals surface area contributed by atoms with Gasteiger partial charge in [-0.2, -0.15) is 0 Å². The normalized spacial score (nSPS) is 10.7. The Morgan fingerprint density at radius 2 is 1.66 bits per heavy atom. The third-order valence-electron chi connectivity index (χ3n) is 4.06. The van der Waals surface area contributed by atoms with Crippen molar-refractivity contribution >= 4 is 34.0 Å². The lowest BCUT2D eigenvalue weighted by Gasteiger charge is -2.09. The molecule has 4 rings (SSSR count). The van der Waals surface area contributed by atoms with Crippen LogP contribution in [0.1, 0.15) is 10.5 Å². The maximum Gasteiger partial charge on any atom is 0.275 e. The van der Waals surface area contributed by atoms with E-state index in [9.17, 15) is 18.0 Å². The Bertz CT molecular complexity index is 1210. The first kappa shape index (κ1) is 18.4. The number of rotatable bonds is 4. The summed E-state index contributed by atoms with van der Waals surface area (Å²) in [6.45, 7) is 0. The van der Waals surface area contributed by atoms with E-state index in [4.69, 9.17) is 0 Å². The molecule has 0 aliphatic heterocycles. The summed E-state index contributed by atoms with van der Waals surface area (Å²) >= 11 is 0. The molecule has 0 fully saturated rings. The molecule has 2 N–H and O–H groups in total. The van der Waals surface area contributed by atoms with Gasteiger partial charge in [-0.3, -0.25) is 9.78 Å². The summed E-state index contributed by atoms with van der Waals surface area (Å²) in [4.78, 5) is 24.6. The van der Waals surface area contributed by atoms with Crippen molar-refractivity contribution in [1.82, 2.24) is 15.0 Å². The molecule has 0 radical (unpaired) electrons. The summed E-state index contributed by atoms with van der Waals surface area (Å²) in [5, 5.41) is 6.07. The molecule has 0 unspecified atom stereocenters. The Hall–Kier alpha value is -4.01. The maximum atomic E-state index is 13.7. The number of aromatic nitrogens is 3. The van der Waals surface area contributed by atoms with Crippen molar-refractivity contribution in [3.8, 4) is 0 Å². The van der Waals surface area contributed by atoms with E-state index in [0.29, 0.717) is 11.2 Å². The van der Waals surface area contributed by atoms with Gasteiger partial charge in [0.25, 0.3) is 5.91 Å². The lowest BCUT2D eigenvalue weighted by atomic mass is 10.2. The van der Waals surface area contributed by atoms with Gasteiger partial charge in [0.1, 0.15) is 11.5 Å². The maximum absolute atomic E-state index is 13.7. The highest BCUT2D eigenvalue weighted by atomic mass is 19.2. The van der Waals surface area contributed by atoms with Crippen molar-refractivity contribution in [3.05, 3.63) is 84.2 Å². The van der Waals surface area contributed by atoms with E-state index in [1.807, 2.05) is 12.1 Å². The minimum Gasteiger partial charge on any atom is -0.336 e. The Labute approximate surface area is 162 Å². The van der Waals surface area contributed by atoms with Gasteiger partial charge < -0.3 is 10.6 Å². The Morgan fingerprint density at radius 1 is 0.828 bits per heavy atom. The molecule has 0 saturated carbocycles. The highest BCUT2D eigenvalue weighted by Crippen LogP contribution is 2.23. The topological polar surface area (TPSA) is 79.8 Å². The number of pyridine rings is 1. The standard InChI is InChI=1S/C20H12F3N5O/c21-12-6-7-13(18(23)17(12)22)27-16-10-25-15(9-26-16)20(29)28-14-5-1-3-11-4-2-8-24-19(11)14/h1-10H,(H,26,27)(H,28,29). The van der Waals surface area contributed by atoms with E-state index >= 15 is 0 Å². The number of hydrogen-bond donors (Lipinski definition) is 2. The fraction of sp³-hybridized carbons (Fsp3) is 0. The molecule has 2 aromatic heterocycles. The third-order valence-corrected chi connectivity index (χ3v) is 4.06. The molecule has 0 saturated heterocycles. The van der Waals surface area contributed by atoms with Crippen LogP contribution in [0.5, 0.6) is 0 Å². The molecule has 9 heteroatoms. The second-order valence-electron chi connectivity index (χ2n) is 5.97. The molecule has 1 amide bonds. The zero-order chi connectivity index (χ0) is 20.4. The summed E-state index contributed by atoms with van der Waals surface area (Å²) in [6.07, 6.45) is 3.97. The van der Waals surface area contributed by atoms with Gasteiger partial charge in [0, 0.05) is 11.6 Å². The molecule has 4 aromatic rings. The number of benzene rings is 2. The van der Waals surface area contributed by atoms with Gasteiger partial charge in [-0.05, 0) is 24.3 Å². The fourth-order valence-electron chi connectivity index (χ4n) is 2.66. The molecule has 0 aliphatic carbocycles. The molecule has 0 aliphatic rings. The highest BCUT2D eigenvalue weighted by Gasteiger charge is 2.15. The van der Waals surface area contributed by atoms with Gasteiger partial charge >= 0.3 is 0 Å². The van der Waals surface area contributed by atoms with E-state index in [1.165, 1.54) is 12.4 Å². The first-order chi connectivity index (χ1) is 14.0. The third kappa shape index (κ3) is 3.70. The molecule has 2 heterocycles. The van der Waals surface area contributed by atoms with Crippen LogP contribution < -0.4 is 10.6 Å². The zero-order valence-electron chi connectivity index (χ0n) is 14.7. The second kappa shape index (κ2) is 7.55. The van der Waals surface area contributed by atoms with E-state index in [0.717, 1.165) is 17.5 Å². The summed E-state index contributed by atoms with van der Waals surface area (Å²) in [5.41, 5.74) is 0.843. The number of carbonyl (C=O) groups excluding carboxylic acids is 1. The van der Waals surface area contributed by atoms with Crippen molar-refractivity contribution in [3.63, 3.8) is 0 Å². The number of para-hydroxylation sites is 1. The molecule has 29 heavy (non-hydrogen) atoms. The molecule has 0 atom stereocenters. The van der Waals surface area contributed by atoms with Gasteiger partial charge in [0.2, 0.25) is 0 Å². The lowest BCUT2D eigenvalue weighted by molar-refractivity contribution is 0.102. The molecule has 144 valence electrons. The second-order valence-corrected chi connectivity index (χ2v) is 5.97. The summed E-state index contributed by atoms with van der Waals surface area (Å²) < 4.78 is 40.0. The number of fused-ring (bicyclic) bond motifs is 1.